The summed E-state index contributed by atoms with van der Waals surface area (Å²) >= 11 is -2.44. The number of benzene rings is 2. The van der Waals surface area contributed by atoms with Crippen LogP contribution in [0, 0.1) is 17.6 Å². The highest BCUT2D eigenvalue weighted by molar-refractivity contribution is 7.80. The Kier molecular flexibility index (Phi) is 11.3. The van der Waals surface area contributed by atoms with Gasteiger partial charge in [-0.1, -0.05) is 18.2 Å². The molecule has 2 aromatic carbocycles. The van der Waals surface area contributed by atoms with Gasteiger partial charge in [0.15, 0.2) is 11.6 Å². The second kappa shape index (κ2) is 15.1. The summed E-state index contributed by atoms with van der Waals surface area (Å²) in [7, 11) is 2.45. The molecule has 1 saturated heterocycles. The number of imide groups is 1. The van der Waals surface area contributed by atoms with E-state index < -0.39 is 52.9 Å². The molecule has 2 heterocycles. The smallest absolute Gasteiger partial charge is 0.352 e. The lowest BCUT2D eigenvalue weighted by Gasteiger charge is -2.37. The van der Waals surface area contributed by atoms with Gasteiger partial charge in [0.1, 0.15) is 5.92 Å². The normalized spacial score (nSPS) is 19.8. The summed E-state index contributed by atoms with van der Waals surface area (Å²) < 4.78 is 62.7. The Bertz CT molecular complexity index is 1420. The lowest BCUT2D eigenvalue weighted by molar-refractivity contribution is -0.144. The minimum Gasteiger partial charge on any atom is -0.755 e. The van der Waals surface area contributed by atoms with Crippen molar-refractivity contribution in [1.82, 2.24) is 15.5 Å². The molecule has 238 valence electrons. The second-order valence-electron chi connectivity index (χ2n) is 10.1. The molecule has 44 heavy (non-hydrogen) atoms. The number of aliphatic imine (C=N–C) groups is 1. The van der Waals surface area contributed by atoms with Crippen molar-refractivity contribution in [3.63, 3.8) is 0 Å². The first-order valence-corrected chi connectivity index (χ1v) is 14.9. The fraction of sp³-hybridized carbons (Fsp3) is 0.429. The molecule has 0 aliphatic carbocycles. The van der Waals surface area contributed by atoms with Crippen molar-refractivity contribution in [3.8, 4) is 0 Å². The maximum absolute atomic E-state index is 14.2. The second-order valence-corrected chi connectivity index (χ2v) is 10.8. The molecule has 2 aromatic rings. The number of amides is 4. The number of para-hydroxylation sites is 2. The number of piperidine rings is 1. The molecular formula is C28H33F2N6O7S-. The lowest BCUT2D eigenvalue weighted by Crippen LogP contribution is -2.54. The van der Waals surface area contributed by atoms with E-state index in [-0.39, 0.29) is 30.5 Å². The molecule has 1 fully saturated rings. The number of carbonyl (C=O) groups is 3. The highest BCUT2D eigenvalue weighted by Crippen LogP contribution is 2.36. The monoisotopic (exact) mass is 635 g/mol. The molecular weight excluding hydrogens is 602 g/mol. The fourth-order valence-corrected chi connectivity index (χ4v) is 5.74. The van der Waals surface area contributed by atoms with Crippen LogP contribution >= 0.6 is 0 Å². The predicted octanol–water partition coefficient (Wildman–Crippen LogP) is 2.49. The van der Waals surface area contributed by atoms with Crippen molar-refractivity contribution in [1.29, 1.82) is 0 Å². The Morgan fingerprint density at radius 1 is 1.09 bits per heavy atom. The number of rotatable bonds is 11. The maximum Gasteiger partial charge on any atom is 0.352 e. The molecule has 0 saturated carbocycles. The number of hydrogen-bond donors (Lipinski definition) is 3. The van der Waals surface area contributed by atoms with Crippen LogP contribution in [0.1, 0.15) is 24.4 Å². The van der Waals surface area contributed by atoms with Gasteiger partial charge in [-0.3, -0.25) is 9.00 Å². The Morgan fingerprint density at radius 3 is 2.48 bits per heavy atom. The van der Waals surface area contributed by atoms with E-state index in [0.717, 1.165) is 37.8 Å². The van der Waals surface area contributed by atoms with Gasteiger partial charge in [-0.25, -0.2) is 23.3 Å². The van der Waals surface area contributed by atoms with Crippen molar-refractivity contribution >= 4 is 46.4 Å². The van der Waals surface area contributed by atoms with E-state index in [1.165, 1.54) is 13.2 Å². The van der Waals surface area contributed by atoms with Crippen molar-refractivity contribution in [2.45, 2.75) is 24.9 Å². The van der Waals surface area contributed by atoms with E-state index in [1.54, 1.807) is 12.1 Å². The van der Waals surface area contributed by atoms with Gasteiger partial charge in [-0.05, 0) is 42.7 Å². The molecule has 4 amide bonds. The lowest BCUT2D eigenvalue weighted by atomic mass is 9.86. The van der Waals surface area contributed by atoms with Gasteiger partial charge in [-0.15, -0.1) is 0 Å². The van der Waals surface area contributed by atoms with Gasteiger partial charge in [0.05, 0.1) is 36.8 Å². The molecule has 0 aromatic heterocycles. The standard InChI is InChI=1S/C28H34F2N6O7S/c1-42-16-22-24(26(37)43-2)25(17-7-8-19(29)20(30)15-17)36(28(39)33-22)27(38)32-12-11-31-18-9-13-35(14-10-18)23-6-4-3-5-21(23)34-44(40)41/h3-8,15,18,24-25,31,34H,9-14,16H2,1-2H3,(H,32,38)(H,40,41)/p-1. The molecule has 0 bridgehead atoms. The van der Waals surface area contributed by atoms with Crippen LogP contribution in [0.2, 0.25) is 0 Å². The van der Waals surface area contributed by atoms with E-state index in [9.17, 15) is 31.9 Å². The quantitative estimate of drug-likeness (QED) is 0.191. The Hall–Kier alpha value is -3.99. The van der Waals surface area contributed by atoms with Gasteiger partial charge in [-0.2, -0.15) is 4.99 Å². The zero-order valence-electron chi connectivity index (χ0n) is 24.1. The average molecular weight is 636 g/mol. The SMILES string of the molecule is COCC1=NC(=O)N(C(=O)NCCNC2CCN(c3ccccc3NS(=O)[O-])CC2)C(c2ccc(F)c(F)c2)C1C(=O)OC. The summed E-state index contributed by atoms with van der Waals surface area (Å²) in [5.41, 5.74) is 1.26. The van der Waals surface area contributed by atoms with Crippen LogP contribution in [0.3, 0.4) is 0 Å². The van der Waals surface area contributed by atoms with Gasteiger partial charge >= 0.3 is 18.0 Å². The van der Waals surface area contributed by atoms with Crippen LogP contribution in [0.25, 0.3) is 0 Å². The minimum atomic E-state index is -2.44. The topological polar surface area (TPSA) is 165 Å². The number of halogens is 2. The van der Waals surface area contributed by atoms with E-state index in [0.29, 0.717) is 30.2 Å². The predicted molar refractivity (Wildman–Crippen MR) is 157 cm³/mol. The van der Waals surface area contributed by atoms with Crippen LogP contribution in [-0.4, -0.2) is 90.5 Å². The van der Waals surface area contributed by atoms with Gasteiger partial charge in [0, 0.05) is 50.6 Å². The highest BCUT2D eigenvalue weighted by atomic mass is 32.2. The molecule has 13 nitrogen and oxygen atoms in total. The fourth-order valence-electron chi connectivity index (χ4n) is 5.39. The molecule has 0 spiro atoms. The first kappa shape index (κ1) is 32.9. The average Bonchev–Trinajstić information content (AvgIpc) is 3.00. The zero-order valence-corrected chi connectivity index (χ0v) is 24.9. The first-order chi connectivity index (χ1) is 21.1. The third kappa shape index (κ3) is 7.74. The number of ether oxygens (including phenoxy) is 2. The Balaban J connectivity index is 1.39. The summed E-state index contributed by atoms with van der Waals surface area (Å²) in [6, 6.07) is 6.84. The van der Waals surface area contributed by atoms with Gasteiger partial charge in [0.2, 0.25) is 0 Å². The third-order valence-corrected chi connectivity index (χ3v) is 7.80. The first-order valence-electron chi connectivity index (χ1n) is 13.8. The third-order valence-electron chi connectivity index (χ3n) is 7.42. The van der Waals surface area contributed by atoms with Crippen LogP contribution < -0.4 is 20.3 Å². The number of hydrogen-bond acceptors (Lipinski definition) is 9. The Morgan fingerprint density at radius 2 is 1.82 bits per heavy atom. The van der Waals surface area contributed by atoms with Crippen LogP contribution in [0.5, 0.6) is 0 Å². The zero-order chi connectivity index (χ0) is 31.8. The largest absolute Gasteiger partial charge is 0.755 e. The van der Waals surface area contributed by atoms with Gasteiger partial charge < -0.3 is 34.3 Å². The van der Waals surface area contributed by atoms with E-state index in [1.807, 2.05) is 12.1 Å². The van der Waals surface area contributed by atoms with Gasteiger partial charge in [0.25, 0.3) is 0 Å². The van der Waals surface area contributed by atoms with E-state index >= 15 is 0 Å². The Labute approximate surface area is 255 Å². The summed E-state index contributed by atoms with van der Waals surface area (Å²) in [5, 5.41) is 6.00. The minimum absolute atomic E-state index is 0.00514. The number of anilines is 2. The maximum atomic E-state index is 14.2. The van der Waals surface area contributed by atoms with Crippen LogP contribution in [0.4, 0.5) is 29.7 Å². The van der Waals surface area contributed by atoms with Crippen molar-refractivity contribution in [3.05, 3.63) is 59.7 Å². The van der Waals surface area contributed by atoms with Crippen LogP contribution in [-0.2, 0) is 25.5 Å². The van der Waals surface area contributed by atoms with Crippen molar-refractivity contribution < 1.29 is 41.4 Å². The number of methoxy groups -OCH3 is 2. The molecule has 3 unspecified atom stereocenters. The summed E-state index contributed by atoms with van der Waals surface area (Å²) in [5.74, 6) is -4.51. The summed E-state index contributed by atoms with van der Waals surface area (Å²) in [4.78, 5) is 45.9. The summed E-state index contributed by atoms with van der Waals surface area (Å²) in [6.07, 6.45) is 1.51. The highest BCUT2D eigenvalue weighted by Gasteiger charge is 2.47. The molecule has 3 atom stereocenters. The molecule has 0 radical (unpaired) electrons. The number of nitrogens with zero attached hydrogens (tertiary/aromatic N) is 3. The number of nitrogens with one attached hydrogen (secondary N) is 3. The van der Waals surface area contributed by atoms with Crippen molar-refractivity contribution in [2.24, 2.45) is 10.9 Å². The van der Waals surface area contributed by atoms with Crippen LogP contribution in [0.15, 0.2) is 47.5 Å². The molecule has 2 aliphatic rings. The molecule has 16 heteroatoms. The van der Waals surface area contributed by atoms with E-state index in [2.05, 4.69) is 25.2 Å². The number of carbonyl (C=O) groups excluding carboxylic acids is 3. The molecule has 2 aliphatic heterocycles. The number of esters is 1. The molecule has 3 N–H and O–H groups in total. The van der Waals surface area contributed by atoms with E-state index in [4.69, 9.17) is 9.47 Å². The summed E-state index contributed by atoms with van der Waals surface area (Å²) in [6.45, 7) is 1.56. The van der Waals surface area contributed by atoms with Crippen molar-refractivity contribution in [2.75, 3.05) is 56.6 Å². The molecule has 4 rings (SSSR count). The number of urea groups is 2.